The van der Waals surface area contributed by atoms with Crippen molar-refractivity contribution in [2.75, 3.05) is 19.6 Å². The minimum atomic E-state index is -0.330. The van der Waals surface area contributed by atoms with Crippen LogP contribution in [0.1, 0.15) is 25.7 Å². The van der Waals surface area contributed by atoms with Crippen molar-refractivity contribution in [2.24, 2.45) is 0 Å². The van der Waals surface area contributed by atoms with E-state index in [1.807, 2.05) is 4.81 Å². The largest absolute Gasteiger partial charge is 0.351 e. The van der Waals surface area contributed by atoms with Crippen molar-refractivity contribution in [1.82, 2.24) is 20.3 Å². The lowest BCUT2D eigenvalue weighted by atomic mass is 9.89. The van der Waals surface area contributed by atoms with Crippen LogP contribution in [0, 0.1) is 0 Å². The number of rotatable bonds is 4. The molecule has 3 fully saturated rings. The molecule has 21 heavy (non-hydrogen) atoms. The zero-order valence-corrected chi connectivity index (χ0v) is 12.0. The number of urea groups is 1. The van der Waals surface area contributed by atoms with Crippen LogP contribution in [0.4, 0.5) is 4.79 Å². The highest BCUT2D eigenvalue weighted by Gasteiger charge is 2.42. The van der Waals surface area contributed by atoms with Crippen LogP contribution < -0.4 is 10.6 Å². The lowest BCUT2D eigenvalue weighted by Gasteiger charge is -2.34. The van der Waals surface area contributed by atoms with Gasteiger partial charge in [0, 0.05) is 18.6 Å². The third-order valence-electron chi connectivity index (χ3n) is 4.62. The lowest BCUT2D eigenvalue weighted by Crippen LogP contribution is -2.54. The molecule has 7 nitrogen and oxygen atoms in total. The third kappa shape index (κ3) is 3.05. The number of piperidine rings is 2. The summed E-state index contributed by atoms with van der Waals surface area (Å²) in [4.78, 5) is 38.2. The summed E-state index contributed by atoms with van der Waals surface area (Å²) in [5.74, 6) is -0.0386. The van der Waals surface area contributed by atoms with E-state index < -0.39 is 0 Å². The van der Waals surface area contributed by atoms with Crippen molar-refractivity contribution in [3.05, 3.63) is 0 Å². The molecule has 3 aliphatic heterocycles. The molecule has 3 saturated heterocycles. The molecule has 0 saturated carbocycles. The van der Waals surface area contributed by atoms with Gasteiger partial charge in [-0.1, -0.05) is 0 Å². The second kappa shape index (κ2) is 6.05. The quantitative estimate of drug-likeness (QED) is 0.510. The van der Waals surface area contributed by atoms with Crippen LogP contribution >= 0.6 is 0 Å². The minimum Gasteiger partial charge on any atom is -0.351 e. The summed E-state index contributed by atoms with van der Waals surface area (Å²) in [7, 11) is 1.55. The average molecular weight is 291 g/mol. The molecule has 0 aliphatic carbocycles. The Hall–Kier alpha value is -1.57. The molecule has 3 rings (SSSR count). The van der Waals surface area contributed by atoms with Crippen LogP contribution in [0.15, 0.2) is 0 Å². The van der Waals surface area contributed by atoms with E-state index in [-0.39, 0.29) is 30.1 Å². The number of nitrogens with zero attached hydrogens (tertiary/aromatic N) is 2. The number of fused-ring (bicyclic) bond motifs is 2. The SMILES string of the molecule is O=C[B]N1CCC(NC(=O)[C@@H]2CC[C@@H]3CN2C(=O)N3)CC1. The van der Waals surface area contributed by atoms with E-state index in [0.29, 0.717) is 6.54 Å². The van der Waals surface area contributed by atoms with Gasteiger partial charge in [0.1, 0.15) is 6.04 Å². The zero-order chi connectivity index (χ0) is 14.8. The molecular weight excluding hydrogens is 271 g/mol. The minimum absolute atomic E-state index is 0.0386. The van der Waals surface area contributed by atoms with Crippen molar-refractivity contribution in [3.63, 3.8) is 0 Å². The molecule has 3 heterocycles. The smallest absolute Gasteiger partial charge is 0.318 e. The summed E-state index contributed by atoms with van der Waals surface area (Å²) in [6.07, 6.45) is 4.05. The van der Waals surface area contributed by atoms with Crippen LogP contribution in [0.5, 0.6) is 0 Å². The first-order chi connectivity index (χ1) is 10.2. The fourth-order valence-corrected chi connectivity index (χ4v) is 3.42. The molecule has 0 aromatic rings. The van der Waals surface area contributed by atoms with E-state index in [1.54, 1.807) is 12.3 Å². The topological polar surface area (TPSA) is 81.8 Å². The van der Waals surface area contributed by atoms with Crippen molar-refractivity contribution in [1.29, 1.82) is 0 Å². The Morgan fingerprint density at radius 3 is 2.76 bits per heavy atom. The Bertz CT molecular complexity index is 439. The maximum absolute atomic E-state index is 12.4. The molecule has 113 valence electrons. The first-order valence-corrected chi connectivity index (χ1v) is 7.57. The van der Waals surface area contributed by atoms with Gasteiger partial charge >= 0.3 is 6.03 Å². The Morgan fingerprint density at radius 1 is 1.29 bits per heavy atom. The third-order valence-corrected chi connectivity index (χ3v) is 4.62. The summed E-state index contributed by atoms with van der Waals surface area (Å²) in [6, 6.07) is -0.0998. The highest BCUT2D eigenvalue weighted by Crippen LogP contribution is 2.23. The van der Waals surface area contributed by atoms with Crippen LogP contribution in [0.2, 0.25) is 0 Å². The van der Waals surface area contributed by atoms with Crippen molar-refractivity contribution in [2.45, 2.75) is 43.8 Å². The molecule has 1 radical (unpaired) electrons. The van der Waals surface area contributed by atoms with E-state index >= 15 is 0 Å². The van der Waals surface area contributed by atoms with Crippen LogP contribution in [0.25, 0.3) is 0 Å². The van der Waals surface area contributed by atoms with Gasteiger partial charge in [0.2, 0.25) is 5.91 Å². The molecule has 3 aliphatic rings. The molecule has 2 N–H and O–H groups in total. The van der Waals surface area contributed by atoms with Crippen LogP contribution in [-0.4, -0.2) is 73.0 Å². The van der Waals surface area contributed by atoms with Gasteiger partial charge in [0.15, 0.2) is 0 Å². The van der Waals surface area contributed by atoms with Gasteiger partial charge in [-0.3, -0.25) is 4.79 Å². The molecule has 0 unspecified atom stereocenters. The van der Waals surface area contributed by atoms with Gasteiger partial charge in [-0.2, -0.15) is 0 Å². The van der Waals surface area contributed by atoms with E-state index in [9.17, 15) is 14.4 Å². The number of carbonyl (C=O) groups is 3. The summed E-state index contributed by atoms with van der Waals surface area (Å²) in [5, 5.41) is 5.95. The monoisotopic (exact) mass is 291 g/mol. The van der Waals surface area contributed by atoms with Crippen LogP contribution in [-0.2, 0) is 9.59 Å². The second-order valence-electron chi connectivity index (χ2n) is 6.00. The number of nitrogens with one attached hydrogen (secondary N) is 2. The number of hydrogen-bond donors (Lipinski definition) is 2. The predicted octanol–water partition coefficient (Wildman–Crippen LogP) is -1.07. The number of amides is 3. The maximum atomic E-state index is 12.4. The zero-order valence-electron chi connectivity index (χ0n) is 12.0. The fraction of sp³-hybridized carbons (Fsp3) is 0.769. The number of hydrogen-bond acceptors (Lipinski definition) is 4. The highest BCUT2D eigenvalue weighted by atomic mass is 16.2. The van der Waals surface area contributed by atoms with Gasteiger partial charge in [-0.15, -0.1) is 0 Å². The predicted molar refractivity (Wildman–Crippen MR) is 77.3 cm³/mol. The Balaban J connectivity index is 1.50. The van der Waals surface area contributed by atoms with Gasteiger partial charge < -0.3 is 25.1 Å². The fourth-order valence-electron chi connectivity index (χ4n) is 3.42. The first-order valence-electron chi connectivity index (χ1n) is 7.57. The molecule has 3 amide bonds. The summed E-state index contributed by atoms with van der Waals surface area (Å²) in [6.45, 7) is 2.20. The van der Waals surface area contributed by atoms with Gasteiger partial charge in [0.05, 0.1) is 6.19 Å². The van der Waals surface area contributed by atoms with E-state index in [2.05, 4.69) is 10.6 Å². The van der Waals surface area contributed by atoms with Crippen molar-refractivity contribution in [3.8, 4) is 0 Å². The highest BCUT2D eigenvalue weighted by molar-refractivity contribution is 6.64. The van der Waals surface area contributed by atoms with E-state index in [0.717, 1.165) is 45.0 Å². The molecule has 2 bridgehead atoms. The van der Waals surface area contributed by atoms with Gasteiger partial charge in [0.25, 0.3) is 7.41 Å². The summed E-state index contributed by atoms with van der Waals surface area (Å²) in [5.41, 5.74) is 0. The normalized spacial score (nSPS) is 29.9. The summed E-state index contributed by atoms with van der Waals surface area (Å²) < 4.78 is 0. The second-order valence-corrected chi connectivity index (χ2v) is 6.00. The standard InChI is InChI=1S/C13H20BN4O3/c19-8-14-17-5-3-9(4-6-17)15-12(20)11-2-1-10-7-18(11)13(21)16-10/h8-11H,1-7H2,(H,15,20)(H,16,21)/t10-,11+/m1/s1. The summed E-state index contributed by atoms with van der Waals surface area (Å²) >= 11 is 0. The lowest BCUT2D eigenvalue weighted by molar-refractivity contribution is -0.127. The van der Waals surface area contributed by atoms with E-state index in [4.69, 9.17) is 0 Å². The average Bonchev–Trinajstić information content (AvgIpc) is 2.76. The molecule has 2 atom stereocenters. The van der Waals surface area contributed by atoms with Crippen molar-refractivity contribution >= 4 is 25.5 Å². The van der Waals surface area contributed by atoms with E-state index in [1.165, 1.54) is 0 Å². The molecular formula is C13H20BN4O3. The molecule has 0 aromatic carbocycles. The maximum Gasteiger partial charge on any atom is 0.318 e. The molecule has 8 heteroatoms. The van der Waals surface area contributed by atoms with Gasteiger partial charge in [-0.25, -0.2) is 4.79 Å². The molecule has 0 aromatic heterocycles. The molecule has 0 spiro atoms. The Kier molecular flexibility index (Phi) is 4.14. The van der Waals surface area contributed by atoms with Gasteiger partial charge in [-0.05, 0) is 38.8 Å². The Labute approximate surface area is 124 Å². The van der Waals surface area contributed by atoms with Crippen molar-refractivity contribution < 1.29 is 14.4 Å². The first kappa shape index (κ1) is 14.4. The Morgan fingerprint density at radius 2 is 2.05 bits per heavy atom. The number of carbonyl (C=O) groups excluding carboxylic acids is 3. The van der Waals surface area contributed by atoms with Crippen LogP contribution in [0.3, 0.4) is 0 Å².